The van der Waals surface area contributed by atoms with E-state index in [9.17, 15) is 9.90 Å². The lowest BCUT2D eigenvalue weighted by Crippen LogP contribution is -2.24. The number of imidazole rings is 1. The van der Waals surface area contributed by atoms with Crippen LogP contribution in [0.4, 0.5) is 0 Å². The van der Waals surface area contributed by atoms with E-state index in [0.29, 0.717) is 12.3 Å². The van der Waals surface area contributed by atoms with Crippen LogP contribution in [-0.4, -0.2) is 38.4 Å². The Labute approximate surface area is 138 Å². The van der Waals surface area contributed by atoms with E-state index in [4.69, 9.17) is 9.84 Å². The van der Waals surface area contributed by atoms with Crippen molar-refractivity contribution in [3.05, 3.63) is 59.9 Å². The number of aromatic carboxylic acids is 1. The van der Waals surface area contributed by atoms with E-state index < -0.39 is 12.1 Å². The van der Waals surface area contributed by atoms with Crippen LogP contribution in [0.25, 0.3) is 11.0 Å². The second kappa shape index (κ2) is 6.72. The number of hydrogen-bond acceptors (Lipinski definition) is 4. The van der Waals surface area contributed by atoms with Gasteiger partial charge in [0.15, 0.2) is 0 Å². The maximum atomic E-state index is 10.8. The quantitative estimate of drug-likeness (QED) is 0.727. The molecule has 0 radical (unpaired) electrons. The molecule has 0 fully saturated rings. The Kier molecular flexibility index (Phi) is 4.48. The summed E-state index contributed by atoms with van der Waals surface area (Å²) in [5.74, 6) is 0.372. The topological polar surface area (TPSA) is 84.6 Å². The largest absolute Gasteiger partial charge is 0.491 e. The molecule has 1 aromatic heterocycles. The zero-order chi connectivity index (χ0) is 17.1. The number of aromatic nitrogens is 2. The fourth-order valence-electron chi connectivity index (χ4n) is 2.58. The van der Waals surface area contributed by atoms with E-state index in [2.05, 4.69) is 4.98 Å². The fourth-order valence-corrected chi connectivity index (χ4v) is 2.58. The van der Waals surface area contributed by atoms with Gasteiger partial charge in [-0.25, -0.2) is 9.78 Å². The van der Waals surface area contributed by atoms with E-state index in [0.717, 1.165) is 16.9 Å². The van der Waals surface area contributed by atoms with Gasteiger partial charge in [0.05, 0.1) is 23.1 Å². The first kappa shape index (κ1) is 16.0. The Morgan fingerprint density at radius 2 is 1.92 bits per heavy atom. The zero-order valence-corrected chi connectivity index (χ0v) is 13.2. The highest BCUT2D eigenvalue weighted by molar-refractivity contribution is 5.87. The Bertz CT molecular complexity index is 855. The summed E-state index contributed by atoms with van der Waals surface area (Å²) in [7, 11) is 0. The summed E-state index contributed by atoms with van der Waals surface area (Å²) in [4.78, 5) is 15.3. The molecule has 1 heterocycles. The van der Waals surface area contributed by atoms with Gasteiger partial charge in [-0.2, -0.15) is 0 Å². The van der Waals surface area contributed by atoms with Crippen LogP contribution < -0.4 is 4.74 Å². The minimum absolute atomic E-state index is 0.109. The molecule has 6 heteroatoms. The van der Waals surface area contributed by atoms with Crippen molar-refractivity contribution in [1.82, 2.24) is 9.55 Å². The number of ether oxygens (including phenoxy) is 1. The highest BCUT2D eigenvalue weighted by atomic mass is 16.5. The van der Waals surface area contributed by atoms with Gasteiger partial charge in [-0.15, -0.1) is 0 Å². The van der Waals surface area contributed by atoms with Gasteiger partial charge in [-0.05, 0) is 43.3 Å². The van der Waals surface area contributed by atoms with Crippen molar-refractivity contribution in [2.24, 2.45) is 0 Å². The second-order valence-electron chi connectivity index (χ2n) is 5.55. The fraction of sp³-hybridized carbons (Fsp3) is 0.222. The molecule has 0 aliphatic carbocycles. The first-order valence-corrected chi connectivity index (χ1v) is 7.60. The number of fused-ring (bicyclic) bond motifs is 1. The third-order valence-corrected chi connectivity index (χ3v) is 3.78. The van der Waals surface area contributed by atoms with Crippen LogP contribution in [0.2, 0.25) is 0 Å². The third-order valence-electron chi connectivity index (χ3n) is 3.78. The number of carboxylic acids is 1. The molecule has 2 aromatic carbocycles. The van der Waals surface area contributed by atoms with Gasteiger partial charge in [0.25, 0.3) is 0 Å². The minimum Gasteiger partial charge on any atom is -0.491 e. The lowest BCUT2D eigenvalue weighted by molar-refractivity contribution is 0.0696. The molecule has 0 amide bonds. The van der Waals surface area contributed by atoms with E-state index in [-0.39, 0.29) is 12.2 Å². The van der Waals surface area contributed by atoms with Crippen LogP contribution in [0.15, 0.2) is 48.5 Å². The molecule has 0 bridgehead atoms. The van der Waals surface area contributed by atoms with Crippen molar-refractivity contribution in [2.75, 3.05) is 6.61 Å². The number of aryl methyl sites for hydroxylation is 1. The summed E-state index contributed by atoms with van der Waals surface area (Å²) >= 11 is 0. The number of aliphatic hydroxyl groups excluding tert-OH is 1. The summed E-state index contributed by atoms with van der Waals surface area (Å²) in [6, 6.07) is 13.9. The van der Waals surface area contributed by atoms with Crippen molar-refractivity contribution in [3.8, 4) is 5.75 Å². The molecule has 2 N–H and O–H groups in total. The van der Waals surface area contributed by atoms with Crippen LogP contribution in [-0.2, 0) is 6.54 Å². The van der Waals surface area contributed by atoms with Crippen molar-refractivity contribution in [1.29, 1.82) is 0 Å². The van der Waals surface area contributed by atoms with Gasteiger partial charge < -0.3 is 19.5 Å². The van der Waals surface area contributed by atoms with E-state index in [1.807, 2.05) is 35.8 Å². The lowest BCUT2D eigenvalue weighted by atomic mass is 10.2. The predicted molar refractivity (Wildman–Crippen MR) is 89.4 cm³/mol. The number of rotatable bonds is 6. The predicted octanol–water partition coefficient (Wildman–Crippen LogP) is 2.48. The van der Waals surface area contributed by atoms with Crippen molar-refractivity contribution >= 4 is 17.0 Å². The number of nitrogens with zero attached hydrogens (tertiary/aromatic N) is 2. The van der Waals surface area contributed by atoms with Gasteiger partial charge in [0.2, 0.25) is 0 Å². The van der Waals surface area contributed by atoms with E-state index in [1.165, 1.54) is 12.1 Å². The lowest BCUT2D eigenvalue weighted by Gasteiger charge is -2.15. The number of carbonyl (C=O) groups is 1. The highest BCUT2D eigenvalue weighted by Crippen LogP contribution is 2.17. The van der Waals surface area contributed by atoms with Gasteiger partial charge >= 0.3 is 5.97 Å². The van der Waals surface area contributed by atoms with Crippen molar-refractivity contribution in [2.45, 2.75) is 19.6 Å². The molecule has 6 nitrogen and oxygen atoms in total. The molecule has 0 aliphatic heterocycles. The first-order chi connectivity index (χ1) is 11.5. The standard InChI is InChI=1S/C18H18N2O4/c1-12-19-16-4-2-3-5-17(16)20(12)10-14(21)11-24-15-8-6-13(7-9-15)18(22)23/h2-9,14,21H,10-11H2,1H3,(H,22,23)/t14-/m1/s1. The Balaban J connectivity index is 1.64. The molecule has 0 saturated heterocycles. The molecular formula is C18H18N2O4. The highest BCUT2D eigenvalue weighted by Gasteiger charge is 2.12. The average Bonchev–Trinajstić information content (AvgIpc) is 2.89. The SMILES string of the molecule is Cc1nc2ccccc2n1C[C@@H](O)COc1ccc(C(=O)O)cc1. The molecule has 1 atom stereocenters. The number of benzene rings is 2. The number of para-hydroxylation sites is 2. The monoisotopic (exact) mass is 326 g/mol. The maximum Gasteiger partial charge on any atom is 0.335 e. The number of hydrogen-bond donors (Lipinski definition) is 2. The Hall–Kier alpha value is -2.86. The number of aliphatic hydroxyl groups is 1. The van der Waals surface area contributed by atoms with Gasteiger partial charge in [0.1, 0.15) is 24.3 Å². The number of carboxylic acid groups (broad SMARTS) is 1. The van der Waals surface area contributed by atoms with E-state index >= 15 is 0 Å². The normalized spacial score (nSPS) is 12.2. The summed E-state index contributed by atoms with van der Waals surface area (Å²) in [5.41, 5.74) is 2.07. The van der Waals surface area contributed by atoms with Crippen LogP contribution in [0.3, 0.4) is 0 Å². The molecular weight excluding hydrogens is 308 g/mol. The Morgan fingerprint density at radius 1 is 1.21 bits per heavy atom. The van der Waals surface area contributed by atoms with Crippen LogP contribution >= 0.6 is 0 Å². The molecule has 124 valence electrons. The molecule has 0 saturated carbocycles. The first-order valence-electron chi connectivity index (χ1n) is 7.60. The molecule has 0 aliphatic rings. The van der Waals surface area contributed by atoms with Crippen LogP contribution in [0.5, 0.6) is 5.75 Å². The Morgan fingerprint density at radius 3 is 2.62 bits per heavy atom. The van der Waals surface area contributed by atoms with Crippen molar-refractivity contribution < 1.29 is 19.7 Å². The van der Waals surface area contributed by atoms with Gasteiger partial charge in [0, 0.05) is 0 Å². The summed E-state index contributed by atoms with van der Waals surface area (Å²) in [6.07, 6.45) is -0.708. The summed E-state index contributed by atoms with van der Waals surface area (Å²) in [5, 5.41) is 19.1. The molecule has 3 rings (SSSR count). The molecule has 0 unspecified atom stereocenters. The van der Waals surface area contributed by atoms with E-state index in [1.54, 1.807) is 12.1 Å². The minimum atomic E-state index is -0.982. The van der Waals surface area contributed by atoms with Gasteiger partial charge in [-0.3, -0.25) is 0 Å². The zero-order valence-electron chi connectivity index (χ0n) is 13.2. The summed E-state index contributed by atoms with van der Waals surface area (Å²) < 4.78 is 7.48. The van der Waals surface area contributed by atoms with Gasteiger partial charge in [-0.1, -0.05) is 12.1 Å². The van der Waals surface area contributed by atoms with Crippen molar-refractivity contribution in [3.63, 3.8) is 0 Å². The summed E-state index contributed by atoms with van der Waals surface area (Å²) in [6.45, 7) is 2.39. The molecule has 24 heavy (non-hydrogen) atoms. The maximum absolute atomic E-state index is 10.8. The molecule has 3 aromatic rings. The van der Waals surface area contributed by atoms with Crippen LogP contribution in [0, 0.1) is 6.92 Å². The second-order valence-corrected chi connectivity index (χ2v) is 5.55. The third kappa shape index (κ3) is 3.38. The van der Waals surface area contributed by atoms with Crippen LogP contribution in [0.1, 0.15) is 16.2 Å². The smallest absolute Gasteiger partial charge is 0.335 e. The molecule has 0 spiro atoms. The average molecular weight is 326 g/mol.